The quantitative estimate of drug-likeness (QED) is 0.764. The third kappa shape index (κ3) is 6.03. The Bertz CT molecular complexity index is 885. The lowest BCUT2D eigenvalue weighted by Crippen LogP contribution is -2.43. The summed E-state index contributed by atoms with van der Waals surface area (Å²) >= 11 is 0. The van der Waals surface area contributed by atoms with Gasteiger partial charge in [0, 0.05) is 37.6 Å². The van der Waals surface area contributed by atoms with Crippen molar-refractivity contribution in [1.82, 2.24) is 14.6 Å². The van der Waals surface area contributed by atoms with Crippen LogP contribution in [0.5, 0.6) is 5.75 Å². The predicted octanol–water partition coefficient (Wildman–Crippen LogP) is 2.06. The Kier molecular flexibility index (Phi) is 6.64. The van der Waals surface area contributed by atoms with Gasteiger partial charge in [0.15, 0.2) is 0 Å². The molecule has 2 heterocycles. The average Bonchev–Trinajstić information content (AvgIpc) is 2.71. The number of carbonyl (C=O) groups excluding carboxylic acids is 1. The fourth-order valence-electron chi connectivity index (χ4n) is 3.21. The Morgan fingerprint density at radius 3 is 2.61 bits per heavy atom. The topological polar surface area (TPSA) is 88.6 Å². The van der Waals surface area contributed by atoms with Crippen LogP contribution in [0.25, 0.3) is 0 Å². The van der Waals surface area contributed by atoms with Gasteiger partial charge in [0.1, 0.15) is 12.4 Å². The summed E-state index contributed by atoms with van der Waals surface area (Å²) in [6, 6.07) is 10.9. The van der Waals surface area contributed by atoms with Crippen molar-refractivity contribution in [2.45, 2.75) is 19.4 Å². The molecule has 0 aliphatic carbocycles. The molecule has 2 aromatic rings. The molecule has 0 spiro atoms. The van der Waals surface area contributed by atoms with Crippen LogP contribution in [0, 0.1) is 5.92 Å². The van der Waals surface area contributed by atoms with E-state index in [1.54, 1.807) is 41.6 Å². The summed E-state index contributed by atoms with van der Waals surface area (Å²) in [5, 5.41) is 0. The number of pyridine rings is 1. The molecule has 1 N–H and O–H groups in total. The number of nitrogens with zero attached hydrogens (tertiary/aromatic N) is 2. The zero-order chi connectivity index (χ0) is 20.0. The first kappa shape index (κ1) is 20.3. The smallest absolute Gasteiger partial charge is 0.253 e. The van der Waals surface area contributed by atoms with Gasteiger partial charge in [0.2, 0.25) is 10.0 Å². The van der Waals surface area contributed by atoms with E-state index in [0.717, 1.165) is 24.7 Å². The van der Waals surface area contributed by atoms with Crippen LogP contribution in [0.1, 0.15) is 28.8 Å². The highest BCUT2D eigenvalue weighted by Gasteiger charge is 2.25. The summed E-state index contributed by atoms with van der Waals surface area (Å²) in [7, 11) is -3.21. The number of benzene rings is 1. The van der Waals surface area contributed by atoms with Gasteiger partial charge in [-0.2, -0.15) is 0 Å². The fourth-order valence-corrected chi connectivity index (χ4v) is 3.75. The largest absolute Gasteiger partial charge is 0.489 e. The molecule has 1 amide bonds. The van der Waals surface area contributed by atoms with Gasteiger partial charge in [-0.1, -0.05) is 0 Å². The molecular formula is C20H25N3O4S. The van der Waals surface area contributed by atoms with Crippen LogP contribution in [-0.2, 0) is 16.6 Å². The summed E-state index contributed by atoms with van der Waals surface area (Å²) < 4.78 is 30.8. The van der Waals surface area contributed by atoms with Crippen molar-refractivity contribution in [2.75, 3.05) is 25.9 Å². The van der Waals surface area contributed by atoms with Crippen molar-refractivity contribution in [3.05, 3.63) is 59.9 Å². The van der Waals surface area contributed by atoms with Crippen molar-refractivity contribution in [3.63, 3.8) is 0 Å². The van der Waals surface area contributed by atoms with Crippen LogP contribution in [0.4, 0.5) is 0 Å². The average molecular weight is 404 g/mol. The van der Waals surface area contributed by atoms with Crippen molar-refractivity contribution in [3.8, 4) is 5.75 Å². The molecule has 1 aliphatic rings. The summed E-state index contributed by atoms with van der Waals surface area (Å²) in [6.45, 7) is 2.05. The second-order valence-corrected chi connectivity index (χ2v) is 8.88. The minimum Gasteiger partial charge on any atom is -0.489 e. The first-order chi connectivity index (χ1) is 13.4. The summed E-state index contributed by atoms with van der Waals surface area (Å²) in [4.78, 5) is 18.5. The Morgan fingerprint density at radius 2 is 1.93 bits per heavy atom. The number of likely N-dealkylation sites (tertiary alicyclic amines) is 1. The van der Waals surface area contributed by atoms with E-state index >= 15 is 0 Å². The van der Waals surface area contributed by atoms with Crippen LogP contribution in [0.15, 0.2) is 48.8 Å². The van der Waals surface area contributed by atoms with Crippen LogP contribution in [0.3, 0.4) is 0 Å². The molecule has 0 bridgehead atoms. The minimum absolute atomic E-state index is 0.0373. The molecule has 1 fully saturated rings. The molecule has 0 unspecified atom stereocenters. The van der Waals surface area contributed by atoms with Gasteiger partial charge in [-0.15, -0.1) is 0 Å². The molecule has 0 saturated carbocycles. The van der Waals surface area contributed by atoms with Crippen LogP contribution in [0.2, 0.25) is 0 Å². The van der Waals surface area contributed by atoms with E-state index in [2.05, 4.69) is 9.71 Å². The molecule has 1 saturated heterocycles. The van der Waals surface area contributed by atoms with Gasteiger partial charge < -0.3 is 9.64 Å². The second kappa shape index (κ2) is 9.16. The maximum Gasteiger partial charge on any atom is 0.253 e. The van der Waals surface area contributed by atoms with Crippen molar-refractivity contribution < 1.29 is 17.9 Å². The van der Waals surface area contributed by atoms with Gasteiger partial charge in [-0.05, 0) is 60.7 Å². The van der Waals surface area contributed by atoms with Crippen molar-refractivity contribution in [2.24, 2.45) is 5.92 Å². The van der Waals surface area contributed by atoms with E-state index in [1.165, 1.54) is 0 Å². The molecule has 3 rings (SSSR count). The Morgan fingerprint density at radius 1 is 1.21 bits per heavy atom. The molecule has 8 heteroatoms. The summed E-state index contributed by atoms with van der Waals surface area (Å²) in [5.74, 6) is 0.794. The molecule has 150 valence electrons. The lowest BCUT2D eigenvalue weighted by molar-refractivity contribution is 0.0676. The number of nitrogens with one attached hydrogen (secondary N) is 1. The maximum absolute atomic E-state index is 12.8. The minimum atomic E-state index is -3.21. The highest BCUT2D eigenvalue weighted by atomic mass is 32.2. The van der Waals surface area contributed by atoms with Crippen molar-refractivity contribution >= 4 is 15.9 Å². The number of carbonyl (C=O) groups is 1. The van der Waals surface area contributed by atoms with E-state index in [-0.39, 0.29) is 11.8 Å². The number of sulfonamides is 1. The zero-order valence-electron chi connectivity index (χ0n) is 15.9. The third-order valence-corrected chi connectivity index (χ3v) is 5.39. The van der Waals surface area contributed by atoms with Gasteiger partial charge in [-0.3, -0.25) is 9.78 Å². The molecule has 7 nitrogen and oxygen atoms in total. The van der Waals surface area contributed by atoms with Crippen LogP contribution >= 0.6 is 0 Å². The molecule has 0 radical (unpaired) electrons. The highest BCUT2D eigenvalue weighted by molar-refractivity contribution is 7.88. The number of piperidine rings is 1. The standard InChI is InChI=1S/C20H25N3O4S/c1-28(25,26)22-13-17-3-2-12-23(14-17)20(24)18-4-6-19(7-5-18)27-15-16-8-10-21-11-9-16/h4-11,17,22H,2-3,12-15H2,1H3/t17-/m0/s1. The predicted molar refractivity (Wildman–Crippen MR) is 106 cm³/mol. The fraction of sp³-hybridized carbons (Fsp3) is 0.400. The number of rotatable bonds is 7. The number of hydrogen-bond donors (Lipinski definition) is 1. The molecule has 1 aromatic heterocycles. The Balaban J connectivity index is 1.54. The molecular weight excluding hydrogens is 378 g/mol. The van der Waals surface area contributed by atoms with Gasteiger partial charge in [-0.25, -0.2) is 13.1 Å². The zero-order valence-corrected chi connectivity index (χ0v) is 16.7. The third-order valence-electron chi connectivity index (χ3n) is 4.70. The number of amides is 1. The second-order valence-electron chi connectivity index (χ2n) is 7.05. The van der Waals surface area contributed by atoms with Crippen LogP contribution < -0.4 is 9.46 Å². The molecule has 1 aromatic carbocycles. The number of hydrogen-bond acceptors (Lipinski definition) is 5. The van der Waals surface area contributed by atoms with Crippen LogP contribution in [-0.4, -0.2) is 50.1 Å². The number of ether oxygens (including phenoxy) is 1. The Hall–Kier alpha value is -2.45. The normalized spacial score (nSPS) is 17.3. The highest BCUT2D eigenvalue weighted by Crippen LogP contribution is 2.20. The van der Waals surface area contributed by atoms with E-state index in [9.17, 15) is 13.2 Å². The first-order valence-corrected chi connectivity index (χ1v) is 11.2. The van der Waals surface area contributed by atoms with Crippen molar-refractivity contribution in [1.29, 1.82) is 0 Å². The lowest BCUT2D eigenvalue weighted by atomic mass is 9.97. The van der Waals surface area contributed by atoms with E-state index in [0.29, 0.717) is 37.6 Å². The van der Waals surface area contributed by atoms with E-state index in [4.69, 9.17) is 4.74 Å². The Labute approximate surface area is 165 Å². The SMILES string of the molecule is CS(=O)(=O)NC[C@@H]1CCCN(C(=O)c2ccc(OCc3ccncc3)cc2)C1. The van der Waals surface area contributed by atoms with Gasteiger partial charge >= 0.3 is 0 Å². The molecule has 1 aliphatic heterocycles. The number of aromatic nitrogens is 1. The first-order valence-electron chi connectivity index (χ1n) is 9.26. The summed E-state index contributed by atoms with van der Waals surface area (Å²) in [6.07, 6.45) is 6.37. The van der Waals surface area contributed by atoms with E-state index in [1.807, 2.05) is 12.1 Å². The maximum atomic E-state index is 12.8. The van der Waals surface area contributed by atoms with Gasteiger partial charge in [0.05, 0.1) is 6.26 Å². The summed E-state index contributed by atoms with van der Waals surface area (Å²) in [5.41, 5.74) is 1.63. The van der Waals surface area contributed by atoms with E-state index < -0.39 is 10.0 Å². The molecule has 28 heavy (non-hydrogen) atoms. The lowest BCUT2D eigenvalue weighted by Gasteiger charge is -2.32. The van der Waals surface area contributed by atoms with Gasteiger partial charge in [0.25, 0.3) is 5.91 Å². The molecule has 1 atom stereocenters. The monoisotopic (exact) mass is 403 g/mol.